The van der Waals surface area contributed by atoms with Crippen molar-refractivity contribution in [1.82, 2.24) is 10.2 Å². The van der Waals surface area contributed by atoms with Gasteiger partial charge in [-0.1, -0.05) is 6.92 Å². The van der Waals surface area contributed by atoms with Gasteiger partial charge in [-0.3, -0.25) is 4.79 Å². The molecule has 0 spiro atoms. The second-order valence-corrected chi connectivity index (χ2v) is 6.23. The molecular weight excluding hydrogens is 260 g/mol. The Morgan fingerprint density at radius 3 is 2.60 bits per heavy atom. The van der Waals surface area contributed by atoms with Crippen LogP contribution in [-0.4, -0.2) is 53.8 Å². The van der Waals surface area contributed by atoms with E-state index in [0.717, 1.165) is 6.42 Å². The minimum absolute atomic E-state index is 0.180. The molecule has 116 valence electrons. The van der Waals surface area contributed by atoms with Gasteiger partial charge < -0.3 is 20.1 Å². The van der Waals surface area contributed by atoms with Crippen LogP contribution in [0.15, 0.2) is 0 Å². The second-order valence-electron chi connectivity index (χ2n) is 6.23. The molecule has 1 aliphatic heterocycles. The van der Waals surface area contributed by atoms with Gasteiger partial charge in [-0.05, 0) is 33.6 Å². The lowest BCUT2D eigenvalue weighted by molar-refractivity contribution is -0.147. The van der Waals surface area contributed by atoms with Crippen LogP contribution in [0.4, 0.5) is 4.79 Å². The lowest BCUT2D eigenvalue weighted by Crippen LogP contribution is -2.42. The Balaban J connectivity index is 2.30. The van der Waals surface area contributed by atoms with E-state index in [1.165, 1.54) is 0 Å². The maximum absolute atomic E-state index is 11.9. The molecule has 1 unspecified atom stereocenters. The van der Waals surface area contributed by atoms with Gasteiger partial charge in [-0.2, -0.15) is 0 Å². The molecule has 1 atom stereocenters. The third-order valence-electron chi connectivity index (χ3n) is 4.00. The van der Waals surface area contributed by atoms with E-state index in [-0.39, 0.29) is 18.2 Å². The highest BCUT2D eigenvalue weighted by atomic mass is 16.5. The first-order valence-electron chi connectivity index (χ1n) is 7.10. The van der Waals surface area contributed by atoms with Crippen molar-refractivity contribution in [3.8, 4) is 0 Å². The number of nitrogens with zero attached hydrogens (tertiary/aromatic N) is 1. The SMILES string of the molecule is CCC(C)(C)OCCNC(=O)N1CCC(C)(C(=O)O)C1. The van der Waals surface area contributed by atoms with Crippen LogP contribution in [-0.2, 0) is 9.53 Å². The van der Waals surface area contributed by atoms with Gasteiger partial charge >= 0.3 is 12.0 Å². The monoisotopic (exact) mass is 286 g/mol. The number of hydrogen-bond donors (Lipinski definition) is 2. The zero-order chi connectivity index (χ0) is 15.4. The summed E-state index contributed by atoms with van der Waals surface area (Å²) in [5, 5.41) is 11.9. The van der Waals surface area contributed by atoms with Crippen molar-refractivity contribution in [2.75, 3.05) is 26.2 Å². The molecule has 1 fully saturated rings. The van der Waals surface area contributed by atoms with E-state index >= 15 is 0 Å². The fourth-order valence-corrected chi connectivity index (χ4v) is 2.01. The van der Waals surface area contributed by atoms with Crippen LogP contribution in [0.3, 0.4) is 0 Å². The van der Waals surface area contributed by atoms with Crippen molar-refractivity contribution in [3.05, 3.63) is 0 Å². The second kappa shape index (κ2) is 6.43. The Labute approximate surface area is 120 Å². The maximum Gasteiger partial charge on any atom is 0.317 e. The Kier molecular flexibility index (Phi) is 5.39. The Bertz CT molecular complexity index is 370. The topological polar surface area (TPSA) is 78.9 Å². The molecule has 6 heteroatoms. The molecule has 0 radical (unpaired) electrons. The molecule has 1 heterocycles. The number of carboxylic acids is 1. The highest BCUT2D eigenvalue weighted by Gasteiger charge is 2.42. The van der Waals surface area contributed by atoms with Crippen molar-refractivity contribution >= 4 is 12.0 Å². The molecule has 0 bridgehead atoms. The van der Waals surface area contributed by atoms with Crippen LogP contribution >= 0.6 is 0 Å². The number of rotatable bonds is 6. The molecule has 0 aliphatic carbocycles. The normalized spacial score (nSPS) is 22.9. The van der Waals surface area contributed by atoms with Crippen molar-refractivity contribution in [3.63, 3.8) is 0 Å². The Morgan fingerprint density at radius 1 is 1.45 bits per heavy atom. The first kappa shape index (κ1) is 16.8. The summed E-state index contributed by atoms with van der Waals surface area (Å²) >= 11 is 0. The molecule has 1 aliphatic rings. The highest BCUT2D eigenvalue weighted by molar-refractivity contribution is 5.79. The van der Waals surface area contributed by atoms with E-state index in [4.69, 9.17) is 9.84 Å². The van der Waals surface area contributed by atoms with Crippen LogP contribution in [0.5, 0.6) is 0 Å². The third kappa shape index (κ3) is 4.37. The molecule has 0 saturated carbocycles. The molecule has 2 N–H and O–H groups in total. The number of nitrogens with one attached hydrogen (secondary N) is 1. The largest absolute Gasteiger partial charge is 0.481 e. The average Bonchev–Trinajstić information content (AvgIpc) is 2.79. The Hall–Kier alpha value is -1.30. The zero-order valence-electron chi connectivity index (χ0n) is 12.9. The van der Waals surface area contributed by atoms with Gasteiger partial charge in [-0.25, -0.2) is 4.79 Å². The van der Waals surface area contributed by atoms with Crippen LogP contribution in [0.1, 0.15) is 40.5 Å². The molecule has 0 aromatic heterocycles. The third-order valence-corrected chi connectivity index (χ3v) is 4.00. The maximum atomic E-state index is 11.9. The van der Waals surface area contributed by atoms with E-state index in [1.807, 2.05) is 13.8 Å². The lowest BCUT2D eigenvalue weighted by Gasteiger charge is -2.24. The standard InChI is InChI=1S/C14H26N2O4/c1-5-13(2,3)20-9-7-15-12(19)16-8-6-14(4,10-16)11(17)18/h5-10H2,1-4H3,(H,15,19)(H,17,18). The van der Waals surface area contributed by atoms with Crippen LogP contribution in [0.2, 0.25) is 0 Å². The molecular formula is C14H26N2O4. The van der Waals surface area contributed by atoms with Gasteiger partial charge in [0.2, 0.25) is 0 Å². The quantitative estimate of drug-likeness (QED) is 0.728. The number of carbonyl (C=O) groups is 2. The summed E-state index contributed by atoms with van der Waals surface area (Å²) in [4.78, 5) is 24.6. The number of carboxylic acid groups (broad SMARTS) is 1. The summed E-state index contributed by atoms with van der Waals surface area (Å²) in [5.41, 5.74) is -1.00. The van der Waals surface area contributed by atoms with E-state index < -0.39 is 11.4 Å². The molecule has 0 aromatic rings. The minimum Gasteiger partial charge on any atom is -0.481 e. The highest BCUT2D eigenvalue weighted by Crippen LogP contribution is 2.29. The minimum atomic E-state index is -0.846. The van der Waals surface area contributed by atoms with Crippen LogP contribution < -0.4 is 5.32 Å². The fourth-order valence-electron chi connectivity index (χ4n) is 2.01. The van der Waals surface area contributed by atoms with Gasteiger partial charge in [0.05, 0.1) is 17.6 Å². The van der Waals surface area contributed by atoms with Gasteiger partial charge in [0, 0.05) is 19.6 Å². The van der Waals surface area contributed by atoms with Gasteiger partial charge in [-0.15, -0.1) is 0 Å². The van der Waals surface area contributed by atoms with Crippen molar-refractivity contribution < 1.29 is 19.4 Å². The molecule has 1 saturated heterocycles. The van der Waals surface area contributed by atoms with E-state index in [2.05, 4.69) is 12.2 Å². The number of ether oxygens (including phenoxy) is 1. The molecule has 2 amide bonds. The number of amides is 2. The number of carbonyl (C=O) groups excluding carboxylic acids is 1. The summed E-state index contributed by atoms with van der Waals surface area (Å²) in [5.74, 6) is -0.846. The van der Waals surface area contributed by atoms with Crippen molar-refractivity contribution in [2.45, 2.75) is 46.1 Å². The lowest BCUT2D eigenvalue weighted by atomic mass is 9.90. The first-order chi connectivity index (χ1) is 9.20. The van der Waals surface area contributed by atoms with Crippen molar-refractivity contribution in [1.29, 1.82) is 0 Å². The van der Waals surface area contributed by atoms with Crippen LogP contribution in [0.25, 0.3) is 0 Å². The number of urea groups is 1. The Morgan fingerprint density at radius 2 is 2.10 bits per heavy atom. The van der Waals surface area contributed by atoms with Crippen LogP contribution in [0, 0.1) is 5.41 Å². The predicted octanol–water partition coefficient (Wildman–Crippen LogP) is 1.70. The number of hydrogen-bond acceptors (Lipinski definition) is 3. The summed E-state index contributed by atoms with van der Waals surface area (Å²) < 4.78 is 5.64. The van der Waals surface area contributed by atoms with Gasteiger partial charge in [0.25, 0.3) is 0 Å². The smallest absolute Gasteiger partial charge is 0.317 e. The first-order valence-corrected chi connectivity index (χ1v) is 7.10. The summed E-state index contributed by atoms with van der Waals surface area (Å²) in [7, 11) is 0. The average molecular weight is 286 g/mol. The fraction of sp³-hybridized carbons (Fsp3) is 0.857. The molecule has 6 nitrogen and oxygen atoms in total. The number of aliphatic carboxylic acids is 1. The van der Waals surface area contributed by atoms with Gasteiger partial charge in [0.1, 0.15) is 0 Å². The van der Waals surface area contributed by atoms with E-state index in [9.17, 15) is 9.59 Å². The van der Waals surface area contributed by atoms with Crippen molar-refractivity contribution in [2.24, 2.45) is 5.41 Å². The molecule has 0 aromatic carbocycles. The molecule has 1 rings (SSSR count). The van der Waals surface area contributed by atoms with E-state index in [1.54, 1.807) is 11.8 Å². The summed E-state index contributed by atoms with van der Waals surface area (Å²) in [6.07, 6.45) is 1.40. The predicted molar refractivity (Wildman–Crippen MR) is 75.7 cm³/mol. The zero-order valence-corrected chi connectivity index (χ0v) is 12.9. The molecule has 20 heavy (non-hydrogen) atoms. The number of likely N-dealkylation sites (tertiary alicyclic amines) is 1. The van der Waals surface area contributed by atoms with E-state index in [0.29, 0.717) is 26.1 Å². The summed E-state index contributed by atoms with van der Waals surface area (Å²) in [6, 6.07) is -0.215. The van der Waals surface area contributed by atoms with Gasteiger partial charge in [0.15, 0.2) is 0 Å². The summed E-state index contributed by atoms with van der Waals surface area (Å²) in [6.45, 7) is 9.37.